The molecular weight excluding hydrogens is 318 g/mol. The van der Waals surface area contributed by atoms with E-state index in [4.69, 9.17) is 4.99 Å². The van der Waals surface area contributed by atoms with Gasteiger partial charge in [0.05, 0.1) is 17.2 Å². The summed E-state index contributed by atoms with van der Waals surface area (Å²) in [6.45, 7) is 12.5. The monoisotopic (exact) mass is 351 g/mol. The quantitative estimate of drug-likeness (QED) is 0.586. The van der Waals surface area contributed by atoms with E-state index in [1.807, 2.05) is 0 Å². The standard InChI is InChI=1S/C18H33N5S/c1-4-19-18(20-10-9-17-22-15(2)16(3)24-17)21-11-14-23-12-7-5-6-8-13-23/h4-14H2,1-3H3,(H2,19,20,21). The number of hydrogen-bond acceptors (Lipinski definition) is 4. The summed E-state index contributed by atoms with van der Waals surface area (Å²) in [5.41, 5.74) is 1.16. The highest BCUT2D eigenvalue weighted by molar-refractivity contribution is 7.11. The van der Waals surface area contributed by atoms with E-state index in [0.29, 0.717) is 0 Å². The summed E-state index contributed by atoms with van der Waals surface area (Å²) in [4.78, 5) is 13.2. The van der Waals surface area contributed by atoms with E-state index in [-0.39, 0.29) is 0 Å². The second-order valence-corrected chi connectivity index (χ2v) is 7.73. The number of thiazole rings is 1. The SMILES string of the molecule is CCNC(=NCCN1CCCCCC1)NCCc1nc(C)c(C)s1. The van der Waals surface area contributed by atoms with Crippen molar-refractivity contribution in [1.82, 2.24) is 20.5 Å². The summed E-state index contributed by atoms with van der Waals surface area (Å²) in [5, 5.41) is 7.98. The van der Waals surface area contributed by atoms with Crippen LogP contribution in [0.25, 0.3) is 0 Å². The first-order chi connectivity index (χ1) is 11.7. The molecule has 2 rings (SSSR count). The third-order valence-corrected chi connectivity index (χ3v) is 5.57. The van der Waals surface area contributed by atoms with Gasteiger partial charge in [0.25, 0.3) is 0 Å². The van der Waals surface area contributed by atoms with Gasteiger partial charge in [0.1, 0.15) is 0 Å². The molecule has 1 aromatic heterocycles. The predicted molar refractivity (Wildman–Crippen MR) is 104 cm³/mol. The zero-order chi connectivity index (χ0) is 17.2. The molecule has 5 nitrogen and oxygen atoms in total. The predicted octanol–water partition coefficient (Wildman–Crippen LogP) is 2.73. The molecular formula is C18H33N5S. The average molecular weight is 352 g/mol. The summed E-state index contributed by atoms with van der Waals surface area (Å²) in [6, 6.07) is 0. The third kappa shape index (κ3) is 6.77. The Morgan fingerprint density at radius 3 is 2.54 bits per heavy atom. The molecule has 6 heteroatoms. The summed E-state index contributed by atoms with van der Waals surface area (Å²) >= 11 is 1.80. The third-order valence-electron chi connectivity index (χ3n) is 4.43. The van der Waals surface area contributed by atoms with Crippen molar-refractivity contribution < 1.29 is 0 Å². The van der Waals surface area contributed by atoms with Gasteiger partial charge < -0.3 is 15.5 Å². The Kier molecular flexibility index (Phi) is 8.53. The molecule has 0 aromatic carbocycles. The van der Waals surface area contributed by atoms with Gasteiger partial charge in [0.2, 0.25) is 0 Å². The maximum Gasteiger partial charge on any atom is 0.191 e. The van der Waals surface area contributed by atoms with Crippen LogP contribution in [-0.2, 0) is 6.42 Å². The Morgan fingerprint density at radius 2 is 1.92 bits per heavy atom. The summed E-state index contributed by atoms with van der Waals surface area (Å²) < 4.78 is 0. The molecule has 0 atom stereocenters. The molecule has 0 aliphatic carbocycles. The van der Waals surface area contributed by atoms with Crippen molar-refractivity contribution in [1.29, 1.82) is 0 Å². The first-order valence-electron chi connectivity index (χ1n) is 9.36. The van der Waals surface area contributed by atoms with E-state index in [1.54, 1.807) is 11.3 Å². The Bertz CT molecular complexity index is 484. The smallest absolute Gasteiger partial charge is 0.191 e. The Morgan fingerprint density at radius 1 is 1.17 bits per heavy atom. The summed E-state index contributed by atoms with van der Waals surface area (Å²) in [5.74, 6) is 0.928. The van der Waals surface area contributed by atoms with Crippen LogP contribution in [0, 0.1) is 13.8 Å². The maximum atomic E-state index is 4.73. The molecule has 0 amide bonds. The highest BCUT2D eigenvalue weighted by Gasteiger charge is 2.08. The van der Waals surface area contributed by atoms with Gasteiger partial charge in [-0.2, -0.15) is 0 Å². The molecule has 0 spiro atoms. The highest BCUT2D eigenvalue weighted by Crippen LogP contribution is 2.16. The molecule has 2 heterocycles. The van der Waals surface area contributed by atoms with Gasteiger partial charge >= 0.3 is 0 Å². The number of aryl methyl sites for hydroxylation is 2. The highest BCUT2D eigenvalue weighted by atomic mass is 32.1. The molecule has 1 saturated heterocycles. The molecule has 0 saturated carbocycles. The maximum absolute atomic E-state index is 4.73. The summed E-state index contributed by atoms with van der Waals surface area (Å²) in [6.07, 6.45) is 6.42. The van der Waals surface area contributed by atoms with Crippen LogP contribution in [0.2, 0.25) is 0 Å². The normalized spacial score (nSPS) is 16.9. The average Bonchev–Trinajstić information content (AvgIpc) is 2.76. The zero-order valence-corrected chi connectivity index (χ0v) is 16.3. The van der Waals surface area contributed by atoms with E-state index >= 15 is 0 Å². The van der Waals surface area contributed by atoms with Gasteiger partial charge in [-0.05, 0) is 46.7 Å². The van der Waals surface area contributed by atoms with Gasteiger partial charge in [0.15, 0.2) is 5.96 Å². The van der Waals surface area contributed by atoms with Crippen molar-refractivity contribution in [2.45, 2.75) is 52.9 Å². The molecule has 1 aliphatic heterocycles. The van der Waals surface area contributed by atoms with Gasteiger partial charge in [-0.25, -0.2) is 4.98 Å². The van der Waals surface area contributed by atoms with Crippen molar-refractivity contribution in [2.24, 2.45) is 4.99 Å². The lowest BCUT2D eigenvalue weighted by molar-refractivity contribution is 0.293. The van der Waals surface area contributed by atoms with Crippen LogP contribution >= 0.6 is 11.3 Å². The fraction of sp³-hybridized carbons (Fsp3) is 0.778. The first-order valence-corrected chi connectivity index (χ1v) is 10.2. The van der Waals surface area contributed by atoms with E-state index < -0.39 is 0 Å². The van der Waals surface area contributed by atoms with Crippen LogP contribution in [0.15, 0.2) is 4.99 Å². The van der Waals surface area contributed by atoms with Crippen molar-refractivity contribution >= 4 is 17.3 Å². The molecule has 1 fully saturated rings. The molecule has 0 bridgehead atoms. The fourth-order valence-corrected chi connectivity index (χ4v) is 3.87. The number of aliphatic imine (C=N–C) groups is 1. The lowest BCUT2D eigenvalue weighted by Crippen LogP contribution is -2.39. The lowest BCUT2D eigenvalue weighted by atomic mass is 10.2. The van der Waals surface area contributed by atoms with Gasteiger partial charge in [0, 0.05) is 30.9 Å². The van der Waals surface area contributed by atoms with E-state index in [1.165, 1.54) is 48.7 Å². The molecule has 136 valence electrons. The molecule has 1 aliphatic rings. The van der Waals surface area contributed by atoms with Crippen LogP contribution in [0.3, 0.4) is 0 Å². The minimum atomic E-state index is 0.866. The molecule has 0 unspecified atom stereocenters. The Balaban J connectivity index is 1.73. The van der Waals surface area contributed by atoms with Crippen molar-refractivity contribution in [3.8, 4) is 0 Å². The Labute approximate surface area is 151 Å². The second kappa shape index (κ2) is 10.7. The van der Waals surface area contributed by atoms with Crippen molar-refractivity contribution in [3.63, 3.8) is 0 Å². The molecule has 24 heavy (non-hydrogen) atoms. The van der Waals surface area contributed by atoms with Crippen LogP contribution in [0.4, 0.5) is 0 Å². The lowest BCUT2D eigenvalue weighted by Gasteiger charge is -2.18. The largest absolute Gasteiger partial charge is 0.357 e. The number of guanidine groups is 1. The fourth-order valence-electron chi connectivity index (χ4n) is 2.94. The van der Waals surface area contributed by atoms with Gasteiger partial charge in [-0.3, -0.25) is 4.99 Å². The topological polar surface area (TPSA) is 52.6 Å². The van der Waals surface area contributed by atoms with Crippen LogP contribution in [0.5, 0.6) is 0 Å². The van der Waals surface area contributed by atoms with Crippen molar-refractivity contribution in [3.05, 3.63) is 15.6 Å². The van der Waals surface area contributed by atoms with Crippen LogP contribution in [-0.4, -0.2) is 55.1 Å². The second-order valence-electron chi connectivity index (χ2n) is 6.44. The number of nitrogens with zero attached hydrogens (tertiary/aromatic N) is 3. The van der Waals surface area contributed by atoms with E-state index in [2.05, 4.69) is 41.3 Å². The van der Waals surface area contributed by atoms with Gasteiger partial charge in [-0.1, -0.05) is 12.8 Å². The first kappa shape index (κ1) is 19.2. The molecule has 2 N–H and O–H groups in total. The number of rotatable bonds is 7. The number of aromatic nitrogens is 1. The minimum absolute atomic E-state index is 0.866. The van der Waals surface area contributed by atoms with Gasteiger partial charge in [-0.15, -0.1) is 11.3 Å². The minimum Gasteiger partial charge on any atom is -0.357 e. The Hall–Kier alpha value is -1.14. The van der Waals surface area contributed by atoms with E-state index in [9.17, 15) is 0 Å². The van der Waals surface area contributed by atoms with Crippen molar-refractivity contribution in [2.75, 3.05) is 39.3 Å². The summed E-state index contributed by atoms with van der Waals surface area (Å²) in [7, 11) is 0. The molecule has 0 radical (unpaired) electrons. The number of nitrogens with one attached hydrogen (secondary N) is 2. The van der Waals surface area contributed by atoms with E-state index in [0.717, 1.165) is 44.3 Å². The zero-order valence-electron chi connectivity index (χ0n) is 15.5. The van der Waals surface area contributed by atoms with Crippen LogP contribution in [0.1, 0.15) is 48.2 Å². The number of hydrogen-bond donors (Lipinski definition) is 2. The number of likely N-dealkylation sites (tertiary alicyclic amines) is 1. The molecule has 1 aromatic rings. The van der Waals surface area contributed by atoms with Crippen LogP contribution < -0.4 is 10.6 Å².